The number of nitrogens with zero attached hydrogens (tertiary/aromatic N) is 2. The number of likely N-dealkylation sites (tertiary alicyclic amines) is 1. The minimum atomic E-state index is -1.00. The van der Waals surface area contributed by atoms with E-state index in [-0.39, 0.29) is 32.0 Å². The molecule has 2 heterocycles. The lowest BCUT2D eigenvalue weighted by Gasteiger charge is -2.35. The largest absolute Gasteiger partial charge is 0.444 e. The summed E-state index contributed by atoms with van der Waals surface area (Å²) in [5.41, 5.74) is 3.26. The van der Waals surface area contributed by atoms with Crippen molar-refractivity contribution in [2.45, 2.75) is 85.2 Å². The molecule has 0 unspecified atom stereocenters. The normalized spacial score (nSPS) is 18.0. The van der Waals surface area contributed by atoms with Crippen molar-refractivity contribution in [3.05, 3.63) is 41.0 Å². The molecule has 3 atom stereocenters. The van der Waals surface area contributed by atoms with E-state index in [0.29, 0.717) is 0 Å². The zero-order valence-corrected chi connectivity index (χ0v) is 25.6. The molecule has 11 nitrogen and oxygen atoms in total. The molecule has 0 saturated carbocycles. The van der Waals surface area contributed by atoms with E-state index in [1.54, 1.807) is 58.4 Å². The number of benzene rings is 1. The molecular formula is C29H41N5O6S. The zero-order chi connectivity index (χ0) is 30.5. The monoisotopic (exact) mass is 587 g/mol. The van der Waals surface area contributed by atoms with Gasteiger partial charge in [0.05, 0.1) is 22.2 Å². The van der Waals surface area contributed by atoms with Gasteiger partial charge in [-0.05, 0) is 44.2 Å². The van der Waals surface area contributed by atoms with Gasteiger partial charge in [0.1, 0.15) is 24.2 Å². The third-order valence-electron chi connectivity index (χ3n) is 6.50. The molecule has 1 aromatic heterocycles. The molecule has 1 fully saturated rings. The Morgan fingerprint density at radius 3 is 2.32 bits per heavy atom. The maximum absolute atomic E-state index is 13.7. The van der Waals surface area contributed by atoms with Crippen LogP contribution < -0.4 is 16.0 Å². The Bertz CT molecular complexity index is 1250. The van der Waals surface area contributed by atoms with Gasteiger partial charge in [0.15, 0.2) is 0 Å². The summed E-state index contributed by atoms with van der Waals surface area (Å²) in [4.78, 5) is 58.2. The van der Waals surface area contributed by atoms with Crippen LogP contribution in [-0.4, -0.2) is 75.7 Å². The number of carbonyl (C=O) groups excluding carboxylic acids is 4. The number of hydrogen-bond donors (Lipinski definition) is 4. The summed E-state index contributed by atoms with van der Waals surface area (Å²) in [5, 5.41) is 18.3. The first kappa shape index (κ1) is 32.0. The minimum absolute atomic E-state index is 0.0293. The van der Waals surface area contributed by atoms with E-state index in [1.807, 2.05) is 31.2 Å². The van der Waals surface area contributed by atoms with Crippen LogP contribution in [0.25, 0.3) is 10.4 Å². The van der Waals surface area contributed by atoms with Crippen molar-refractivity contribution in [1.82, 2.24) is 25.8 Å². The molecule has 12 heteroatoms. The van der Waals surface area contributed by atoms with Crippen LogP contribution in [0.4, 0.5) is 4.79 Å². The van der Waals surface area contributed by atoms with Crippen molar-refractivity contribution in [1.29, 1.82) is 0 Å². The van der Waals surface area contributed by atoms with Gasteiger partial charge in [-0.2, -0.15) is 0 Å². The molecule has 0 spiro atoms. The van der Waals surface area contributed by atoms with Crippen LogP contribution in [0, 0.1) is 12.3 Å². The van der Waals surface area contributed by atoms with E-state index in [4.69, 9.17) is 4.74 Å². The Kier molecular flexibility index (Phi) is 10.1. The average Bonchev–Trinajstić information content (AvgIpc) is 3.48. The van der Waals surface area contributed by atoms with E-state index in [1.165, 1.54) is 4.90 Å². The fraction of sp³-hybridized carbons (Fsp3) is 0.552. The fourth-order valence-electron chi connectivity index (χ4n) is 4.46. The lowest BCUT2D eigenvalue weighted by Crippen LogP contribution is -2.58. The predicted molar refractivity (Wildman–Crippen MR) is 156 cm³/mol. The molecule has 2 aromatic rings. The van der Waals surface area contributed by atoms with Crippen LogP contribution in [0.5, 0.6) is 0 Å². The van der Waals surface area contributed by atoms with Gasteiger partial charge in [-0.3, -0.25) is 14.4 Å². The van der Waals surface area contributed by atoms with Crippen molar-refractivity contribution >= 4 is 35.2 Å². The second-order valence-electron chi connectivity index (χ2n) is 12.3. The van der Waals surface area contributed by atoms with Crippen molar-refractivity contribution in [2.75, 3.05) is 13.1 Å². The second kappa shape index (κ2) is 13.0. The maximum Gasteiger partial charge on any atom is 0.408 e. The van der Waals surface area contributed by atoms with Crippen molar-refractivity contribution in [2.24, 2.45) is 5.41 Å². The van der Waals surface area contributed by atoms with Gasteiger partial charge < -0.3 is 30.7 Å². The number of aromatic nitrogens is 1. The number of amides is 4. The third kappa shape index (κ3) is 8.99. The number of ether oxygens (including phenoxy) is 1. The average molecular weight is 588 g/mol. The molecule has 224 valence electrons. The van der Waals surface area contributed by atoms with Gasteiger partial charge in [0.25, 0.3) is 0 Å². The summed E-state index contributed by atoms with van der Waals surface area (Å²) in [7, 11) is 0. The first-order valence-electron chi connectivity index (χ1n) is 13.6. The van der Waals surface area contributed by atoms with Crippen LogP contribution in [0.1, 0.15) is 59.2 Å². The molecule has 1 aromatic carbocycles. The maximum atomic E-state index is 13.7. The van der Waals surface area contributed by atoms with E-state index < -0.39 is 47.1 Å². The Balaban J connectivity index is 1.63. The SMILES string of the molecule is Cc1ncsc1-c1ccc(CNC(=O)[C@@H]2C[C@@H](O)CN2C(=O)[C@@H](NC(=O)CNC(=O)OC(C)(C)C)C(C)(C)C)cc1. The molecule has 3 rings (SSSR count). The predicted octanol–water partition coefficient (Wildman–Crippen LogP) is 2.75. The number of nitrogens with one attached hydrogen (secondary N) is 3. The molecule has 1 aliphatic heterocycles. The number of hydrogen-bond acceptors (Lipinski definition) is 8. The molecule has 1 aliphatic rings. The van der Waals surface area contributed by atoms with Crippen LogP contribution in [0.2, 0.25) is 0 Å². The first-order valence-corrected chi connectivity index (χ1v) is 14.4. The molecule has 0 radical (unpaired) electrons. The number of rotatable bonds is 8. The molecule has 1 saturated heterocycles. The van der Waals surface area contributed by atoms with E-state index in [0.717, 1.165) is 21.7 Å². The highest BCUT2D eigenvalue weighted by Gasteiger charge is 2.44. The topological polar surface area (TPSA) is 150 Å². The molecular weight excluding hydrogens is 546 g/mol. The number of carbonyl (C=O) groups is 4. The number of aliphatic hydroxyl groups is 1. The Morgan fingerprint density at radius 2 is 1.76 bits per heavy atom. The molecule has 0 aliphatic carbocycles. The lowest BCUT2D eigenvalue weighted by atomic mass is 9.85. The number of thiazole rings is 1. The highest BCUT2D eigenvalue weighted by molar-refractivity contribution is 7.13. The summed E-state index contributed by atoms with van der Waals surface area (Å²) in [5.74, 6) is -1.45. The Hall–Kier alpha value is -3.51. The third-order valence-corrected chi connectivity index (χ3v) is 7.48. The lowest BCUT2D eigenvalue weighted by molar-refractivity contribution is -0.144. The van der Waals surface area contributed by atoms with Gasteiger partial charge in [-0.15, -0.1) is 11.3 Å². The summed E-state index contributed by atoms with van der Waals surface area (Å²) >= 11 is 1.57. The molecule has 4 N–H and O–H groups in total. The fourth-order valence-corrected chi connectivity index (χ4v) is 5.27. The van der Waals surface area contributed by atoms with Crippen molar-refractivity contribution in [3.63, 3.8) is 0 Å². The number of β-amino-alcohol motifs (C(OH)–C–C–N with tert-alkyl or cyclic N) is 1. The van der Waals surface area contributed by atoms with Crippen LogP contribution in [-0.2, 0) is 25.7 Å². The standard InChI is InChI=1S/C29H41N5O6S/c1-17-23(41-16-32-17)19-10-8-18(9-11-19)13-30-25(37)21-12-20(35)15-34(21)26(38)24(28(2,3)4)33-22(36)14-31-27(39)40-29(5,6)7/h8-11,16,20-21,24,35H,12-15H2,1-7H3,(H,30,37)(H,31,39)(H,33,36)/t20-,21+,24-/m1/s1. The van der Waals surface area contributed by atoms with Gasteiger partial charge in [-0.25, -0.2) is 9.78 Å². The van der Waals surface area contributed by atoms with E-state index >= 15 is 0 Å². The smallest absolute Gasteiger partial charge is 0.408 e. The second-order valence-corrected chi connectivity index (χ2v) is 13.2. The highest BCUT2D eigenvalue weighted by Crippen LogP contribution is 2.28. The van der Waals surface area contributed by atoms with Gasteiger partial charge in [0, 0.05) is 19.5 Å². The number of aliphatic hydroxyl groups excluding tert-OH is 1. The van der Waals surface area contributed by atoms with Crippen molar-refractivity contribution < 1.29 is 29.0 Å². The van der Waals surface area contributed by atoms with Gasteiger partial charge >= 0.3 is 6.09 Å². The van der Waals surface area contributed by atoms with Crippen LogP contribution >= 0.6 is 11.3 Å². The van der Waals surface area contributed by atoms with Crippen LogP contribution in [0.15, 0.2) is 29.8 Å². The Morgan fingerprint density at radius 1 is 1.10 bits per heavy atom. The zero-order valence-electron chi connectivity index (χ0n) is 24.7. The van der Waals surface area contributed by atoms with Crippen LogP contribution in [0.3, 0.4) is 0 Å². The summed E-state index contributed by atoms with van der Waals surface area (Å²) in [6, 6.07) is 5.92. The molecule has 0 bridgehead atoms. The van der Waals surface area contributed by atoms with Crippen molar-refractivity contribution in [3.8, 4) is 10.4 Å². The van der Waals surface area contributed by atoms with E-state index in [9.17, 15) is 24.3 Å². The molecule has 41 heavy (non-hydrogen) atoms. The minimum Gasteiger partial charge on any atom is -0.444 e. The summed E-state index contributed by atoms with van der Waals surface area (Å²) < 4.78 is 5.14. The number of alkyl carbamates (subject to hydrolysis) is 1. The summed E-state index contributed by atoms with van der Waals surface area (Å²) in [6.45, 7) is 12.3. The summed E-state index contributed by atoms with van der Waals surface area (Å²) in [6.07, 6.45) is -1.53. The number of aryl methyl sites for hydroxylation is 1. The quantitative estimate of drug-likeness (QED) is 0.371. The Labute approximate surface area is 245 Å². The first-order chi connectivity index (χ1) is 19.0. The highest BCUT2D eigenvalue weighted by atomic mass is 32.1. The van der Waals surface area contributed by atoms with Gasteiger partial charge in [0.2, 0.25) is 17.7 Å². The van der Waals surface area contributed by atoms with E-state index in [2.05, 4.69) is 20.9 Å². The van der Waals surface area contributed by atoms with Gasteiger partial charge in [-0.1, -0.05) is 45.0 Å². The molecule has 4 amide bonds.